The van der Waals surface area contributed by atoms with E-state index in [9.17, 15) is 14.9 Å². The Hall–Kier alpha value is -1.18. The van der Waals surface area contributed by atoms with Gasteiger partial charge in [-0.05, 0) is 34.7 Å². The Balaban J connectivity index is 3.43. The van der Waals surface area contributed by atoms with Crippen LogP contribution in [0.2, 0.25) is 0 Å². The topological polar surface area (TPSA) is 80.4 Å². The van der Waals surface area contributed by atoms with Crippen LogP contribution in [0.4, 0.5) is 5.69 Å². The minimum Gasteiger partial charge on any atom is -0.477 e. The number of carboxylic acid groups (broad SMARTS) is 1. The molecule has 0 aliphatic rings. The van der Waals surface area contributed by atoms with E-state index in [0.29, 0.717) is 3.57 Å². The Morgan fingerprint density at radius 2 is 2.15 bits per heavy atom. The molecule has 1 aromatic rings. The molecular formula is C7H4INO4. The molecule has 0 unspecified atom stereocenters. The molecule has 13 heavy (non-hydrogen) atoms. The summed E-state index contributed by atoms with van der Waals surface area (Å²) in [5.74, 6) is -1.29. The minimum absolute atomic E-state index is 0.281. The number of aromatic carboxylic acids is 1. The Morgan fingerprint density at radius 1 is 1.54 bits per heavy atom. The van der Waals surface area contributed by atoms with Gasteiger partial charge in [0.05, 0.1) is 8.49 Å². The number of carboxylic acids is 1. The number of halogens is 1. The molecular weight excluding hydrogens is 289 g/mol. The summed E-state index contributed by atoms with van der Waals surface area (Å²) in [7, 11) is 0. The smallest absolute Gasteiger partial charge is 0.342 e. The third-order valence-electron chi connectivity index (χ3n) is 1.40. The molecule has 1 N–H and O–H groups in total. The fourth-order valence-electron chi connectivity index (χ4n) is 0.873. The molecule has 0 fully saturated rings. The van der Waals surface area contributed by atoms with Crippen molar-refractivity contribution in [1.29, 1.82) is 0 Å². The fraction of sp³-hybridized carbons (Fsp3) is 0. The van der Waals surface area contributed by atoms with Gasteiger partial charge in [0.2, 0.25) is 0 Å². The minimum atomic E-state index is -1.29. The van der Waals surface area contributed by atoms with Crippen molar-refractivity contribution in [2.45, 2.75) is 0 Å². The number of para-hydroxylation sites is 1. The number of nitro groups is 1. The standard InChI is InChI=1S/C7H4INO4/c8-5-3-1-2-4(7(10)11)6(5)9(12)13/h1-3H,(H,10,11). The van der Waals surface area contributed by atoms with Crippen molar-refractivity contribution in [3.8, 4) is 0 Å². The Labute approximate surface area is 86.7 Å². The van der Waals surface area contributed by atoms with Crippen LogP contribution in [0.5, 0.6) is 0 Å². The number of carbonyl (C=O) groups is 1. The predicted octanol–water partition coefficient (Wildman–Crippen LogP) is 1.90. The molecule has 0 aliphatic heterocycles. The van der Waals surface area contributed by atoms with Crippen molar-refractivity contribution >= 4 is 34.2 Å². The molecule has 6 heteroatoms. The number of hydrogen-bond acceptors (Lipinski definition) is 3. The molecule has 0 spiro atoms. The highest BCUT2D eigenvalue weighted by Crippen LogP contribution is 2.24. The van der Waals surface area contributed by atoms with Gasteiger partial charge in [-0.2, -0.15) is 0 Å². The fourth-order valence-corrected chi connectivity index (χ4v) is 1.57. The molecule has 0 heterocycles. The van der Waals surface area contributed by atoms with E-state index >= 15 is 0 Å². The highest BCUT2D eigenvalue weighted by Gasteiger charge is 2.22. The van der Waals surface area contributed by atoms with Crippen molar-refractivity contribution in [3.63, 3.8) is 0 Å². The highest BCUT2D eigenvalue weighted by molar-refractivity contribution is 14.1. The zero-order valence-corrected chi connectivity index (χ0v) is 8.39. The SMILES string of the molecule is O=C(O)c1cccc(I)c1[N+](=O)[O-]. The Morgan fingerprint density at radius 3 is 2.54 bits per heavy atom. The zero-order chi connectivity index (χ0) is 10.0. The van der Waals surface area contributed by atoms with Gasteiger partial charge in [0, 0.05) is 0 Å². The molecule has 0 bridgehead atoms. The lowest BCUT2D eigenvalue weighted by atomic mass is 10.2. The van der Waals surface area contributed by atoms with Crippen LogP contribution in [-0.2, 0) is 0 Å². The predicted molar refractivity (Wildman–Crippen MR) is 52.8 cm³/mol. The first-order chi connectivity index (χ1) is 6.04. The van der Waals surface area contributed by atoms with E-state index in [1.54, 1.807) is 22.6 Å². The van der Waals surface area contributed by atoms with Gasteiger partial charge in [-0.25, -0.2) is 4.79 Å². The third kappa shape index (κ3) is 1.94. The van der Waals surface area contributed by atoms with Crippen LogP contribution in [0.1, 0.15) is 10.4 Å². The summed E-state index contributed by atoms with van der Waals surface area (Å²) in [5.41, 5.74) is -0.632. The maximum Gasteiger partial charge on any atom is 0.342 e. The summed E-state index contributed by atoms with van der Waals surface area (Å²) in [6.07, 6.45) is 0. The molecule has 0 saturated heterocycles. The van der Waals surface area contributed by atoms with E-state index in [2.05, 4.69) is 0 Å². The lowest BCUT2D eigenvalue weighted by Crippen LogP contribution is -2.03. The molecule has 68 valence electrons. The lowest BCUT2D eigenvalue weighted by Gasteiger charge is -1.98. The third-order valence-corrected chi connectivity index (χ3v) is 2.27. The van der Waals surface area contributed by atoms with E-state index in [4.69, 9.17) is 5.11 Å². The van der Waals surface area contributed by atoms with Crippen LogP contribution in [0, 0.1) is 13.7 Å². The quantitative estimate of drug-likeness (QED) is 0.513. The first kappa shape index (κ1) is 9.90. The van der Waals surface area contributed by atoms with Gasteiger partial charge in [0.1, 0.15) is 5.56 Å². The van der Waals surface area contributed by atoms with Crippen molar-refractivity contribution in [1.82, 2.24) is 0 Å². The molecule has 0 aliphatic carbocycles. The first-order valence-electron chi connectivity index (χ1n) is 3.20. The van der Waals surface area contributed by atoms with Gasteiger partial charge >= 0.3 is 5.97 Å². The normalized spacial score (nSPS) is 9.62. The van der Waals surface area contributed by atoms with Crippen LogP contribution in [0.3, 0.4) is 0 Å². The average Bonchev–Trinajstić information content (AvgIpc) is 2.02. The van der Waals surface area contributed by atoms with Crippen LogP contribution in [-0.4, -0.2) is 16.0 Å². The van der Waals surface area contributed by atoms with Gasteiger partial charge < -0.3 is 5.11 Å². The molecule has 1 aromatic carbocycles. The monoisotopic (exact) mass is 293 g/mol. The van der Waals surface area contributed by atoms with Crippen LogP contribution >= 0.6 is 22.6 Å². The summed E-state index contributed by atoms with van der Waals surface area (Å²) < 4.78 is 0.322. The number of nitrogens with zero attached hydrogens (tertiary/aromatic N) is 1. The second-order valence-corrected chi connectivity index (χ2v) is 3.36. The van der Waals surface area contributed by atoms with Gasteiger partial charge in [-0.15, -0.1) is 0 Å². The highest BCUT2D eigenvalue weighted by atomic mass is 127. The van der Waals surface area contributed by atoms with E-state index < -0.39 is 10.9 Å². The molecule has 0 amide bonds. The van der Waals surface area contributed by atoms with E-state index in [1.165, 1.54) is 18.2 Å². The van der Waals surface area contributed by atoms with Crippen molar-refractivity contribution in [3.05, 3.63) is 37.4 Å². The maximum atomic E-state index is 10.6. The summed E-state index contributed by atoms with van der Waals surface area (Å²) in [5, 5.41) is 19.1. The van der Waals surface area contributed by atoms with Gasteiger partial charge in [-0.3, -0.25) is 10.1 Å². The maximum absolute atomic E-state index is 10.6. The molecule has 0 aromatic heterocycles. The van der Waals surface area contributed by atoms with E-state index in [0.717, 1.165) is 0 Å². The summed E-state index contributed by atoms with van der Waals surface area (Å²) >= 11 is 1.73. The lowest BCUT2D eigenvalue weighted by molar-refractivity contribution is -0.386. The summed E-state index contributed by atoms with van der Waals surface area (Å²) in [6, 6.07) is 4.17. The van der Waals surface area contributed by atoms with Crippen LogP contribution < -0.4 is 0 Å². The Kier molecular flexibility index (Phi) is 2.81. The van der Waals surface area contributed by atoms with Crippen molar-refractivity contribution in [2.24, 2.45) is 0 Å². The largest absolute Gasteiger partial charge is 0.477 e. The van der Waals surface area contributed by atoms with E-state index in [-0.39, 0.29) is 11.3 Å². The summed E-state index contributed by atoms with van der Waals surface area (Å²) in [4.78, 5) is 20.4. The number of hydrogen-bond donors (Lipinski definition) is 1. The van der Waals surface area contributed by atoms with Gasteiger partial charge in [-0.1, -0.05) is 6.07 Å². The Bertz CT molecular complexity index is 377. The van der Waals surface area contributed by atoms with Crippen molar-refractivity contribution in [2.75, 3.05) is 0 Å². The summed E-state index contributed by atoms with van der Waals surface area (Å²) in [6.45, 7) is 0. The molecule has 5 nitrogen and oxygen atoms in total. The van der Waals surface area contributed by atoms with Crippen LogP contribution in [0.25, 0.3) is 0 Å². The van der Waals surface area contributed by atoms with Gasteiger partial charge in [0.15, 0.2) is 0 Å². The first-order valence-corrected chi connectivity index (χ1v) is 4.28. The molecule has 1 rings (SSSR count). The van der Waals surface area contributed by atoms with Crippen LogP contribution in [0.15, 0.2) is 18.2 Å². The second-order valence-electron chi connectivity index (χ2n) is 2.20. The zero-order valence-electron chi connectivity index (χ0n) is 6.23. The van der Waals surface area contributed by atoms with Crippen molar-refractivity contribution < 1.29 is 14.8 Å². The second kappa shape index (κ2) is 3.69. The number of rotatable bonds is 2. The average molecular weight is 293 g/mol. The number of benzene rings is 1. The molecule has 0 atom stereocenters. The number of nitro benzene ring substituents is 1. The molecule has 0 saturated carbocycles. The molecule has 0 radical (unpaired) electrons. The van der Waals surface area contributed by atoms with E-state index in [1.807, 2.05) is 0 Å². The van der Waals surface area contributed by atoms with Gasteiger partial charge in [0.25, 0.3) is 5.69 Å².